The number of benzene rings is 1. The third kappa shape index (κ3) is 2.67. The zero-order chi connectivity index (χ0) is 13.9. The average molecular weight is 284 g/mol. The van der Waals surface area contributed by atoms with Crippen LogP contribution >= 0.6 is 11.3 Å². The Hall–Kier alpha value is -2.27. The van der Waals surface area contributed by atoms with Crippen LogP contribution in [0.25, 0.3) is 10.2 Å². The van der Waals surface area contributed by atoms with E-state index in [4.69, 9.17) is 5.11 Å². The third-order valence-electron chi connectivity index (χ3n) is 3.06. The minimum atomic E-state index is -0.904. The lowest BCUT2D eigenvalue weighted by molar-refractivity contribution is 0.0697. The van der Waals surface area contributed by atoms with Gasteiger partial charge in [-0.25, -0.2) is 9.78 Å². The molecular weight excluding hydrogens is 272 g/mol. The van der Waals surface area contributed by atoms with Gasteiger partial charge in [0.15, 0.2) is 0 Å². The molecule has 2 aromatic heterocycles. The highest BCUT2D eigenvalue weighted by atomic mass is 32.1. The quantitative estimate of drug-likeness (QED) is 0.799. The molecule has 0 aliphatic heterocycles. The van der Waals surface area contributed by atoms with E-state index in [1.807, 2.05) is 12.1 Å². The van der Waals surface area contributed by atoms with Gasteiger partial charge >= 0.3 is 5.97 Å². The maximum atomic E-state index is 10.9. The number of pyridine rings is 1. The Morgan fingerprint density at radius 3 is 2.70 bits per heavy atom. The van der Waals surface area contributed by atoms with Crippen LogP contribution in [0.2, 0.25) is 0 Å². The first-order valence-corrected chi connectivity index (χ1v) is 7.06. The summed E-state index contributed by atoms with van der Waals surface area (Å²) in [6.07, 6.45) is 5.33. The summed E-state index contributed by atoms with van der Waals surface area (Å²) < 4.78 is 0.926. The molecule has 0 bridgehead atoms. The molecule has 2 heterocycles. The second-order valence-electron chi connectivity index (χ2n) is 4.45. The van der Waals surface area contributed by atoms with Gasteiger partial charge in [0.25, 0.3) is 0 Å². The minimum absolute atomic E-state index is 0.307. The normalized spacial score (nSPS) is 10.8. The molecule has 1 N–H and O–H groups in total. The molecule has 20 heavy (non-hydrogen) atoms. The van der Waals surface area contributed by atoms with Crippen molar-refractivity contribution in [3.63, 3.8) is 0 Å². The van der Waals surface area contributed by atoms with Crippen LogP contribution in [0.5, 0.6) is 0 Å². The molecule has 5 heteroatoms. The largest absolute Gasteiger partial charge is 0.478 e. The van der Waals surface area contributed by atoms with Crippen LogP contribution in [0.1, 0.15) is 20.9 Å². The first kappa shape index (κ1) is 12.7. The highest BCUT2D eigenvalue weighted by Gasteiger charge is 2.08. The number of thiazole rings is 1. The van der Waals surface area contributed by atoms with Gasteiger partial charge in [-0.05, 0) is 42.3 Å². The summed E-state index contributed by atoms with van der Waals surface area (Å²) in [4.78, 5) is 19.5. The molecule has 4 nitrogen and oxygen atoms in total. The van der Waals surface area contributed by atoms with Crippen molar-refractivity contribution in [3.8, 4) is 0 Å². The van der Waals surface area contributed by atoms with E-state index in [-0.39, 0.29) is 0 Å². The average Bonchev–Trinajstić information content (AvgIpc) is 2.88. The number of aryl methyl sites for hydroxylation is 2. The molecule has 0 atom stereocenters. The molecule has 0 fully saturated rings. The van der Waals surface area contributed by atoms with E-state index in [1.165, 1.54) is 5.56 Å². The van der Waals surface area contributed by atoms with Crippen molar-refractivity contribution in [2.24, 2.45) is 0 Å². The van der Waals surface area contributed by atoms with Crippen molar-refractivity contribution in [2.75, 3.05) is 0 Å². The van der Waals surface area contributed by atoms with Gasteiger partial charge in [0.1, 0.15) is 0 Å². The van der Waals surface area contributed by atoms with E-state index in [9.17, 15) is 4.79 Å². The SMILES string of the molecule is O=C(O)c1ccc2nc(CCc3ccncc3)sc2c1. The van der Waals surface area contributed by atoms with Crippen molar-refractivity contribution in [3.05, 3.63) is 58.9 Å². The van der Waals surface area contributed by atoms with E-state index in [2.05, 4.69) is 9.97 Å². The molecule has 0 amide bonds. The minimum Gasteiger partial charge on any atom is -0.478 e. The number of aromatic carboxylic acids is 1. The zero-order valence-corrected chi connectivity index (χ0v) is 11.4. The topological polar surface area (TPSA) is 63.1 Å². The fourth-order valence-electron chi connectivity index (χ4n) is 2.01. The second-order valence-corrected chi connectivity index (χ2v) is 5.57. The summed E-state index contributed by atoms with van der Waals surface area (Å²) in [5.41, 5.74) is 2.40. The number of hydrogen-bond donors (Lipinski definition) is 1. The van der Waals surface area contributed by atoms with Gasteiger partial charge < -0.3 is 5.11 Å². The number of rotatable bonds is 4. The Morgan fingerprint density at radius 2 is 1.95 bits per heavy atom. The summed E-state index contributed by atoms with van der Waals surface area (Å²) in [5.74, 6) is -0.904. The Morgan fingerprint density at radius 1 is 1.15 bits per heavy atom. The van der Waals surface area contributed by atoms with E-state index in [1.54, 1.807) is 41.9 Å². The smallest absolute Gasteiger partial charge is 0.335 e. The molecule has 0 saturated carbocycles. The lowest BCUT2D eigenvalue weighted by Gasteiger charge is -1.96. The second kappa shape index (κ2) is 5.38. The number of nitrogens with zero attached hydrogens (tertiary/aromatic N) is 2. The predicted octanol–water partition coefficient (Wildman–Crippen LogP) is 3.17. The summed E-state index contributed by atoms with van der Waals surface area (Å²) >= 11 is 1.56. The van der Waals surface area contributed by atoms with Crippen LogP contribution < -0.4 is 0 Å². The molecule has 3 aromatic rings. The number of carboxylic acid groups (broad SMARTS) is 1. The molecule has 0 spiro atoms. The maximum absolute atomic E-state index is 10.9. The number of carboxylic acids is 1. The van der Waals surface area contributed by atoms with Crippen LogP contribution in [0, 0.1) is 0 Å². The third-order valence-corrected chi connectivity index (χ3v) is 4.13. The van der Waals surface area contributed by atoms with Gasteiger partial charge in [-0.15, -0.1) is 11.3 Å². The number of fused-ring (bicyclic) bond motifs is 1. The maximum Gasteiger partial charge on any atom is 0.335 e. The highest BCUT2D eigenvalue weighted by Crippen LogP contribution is 2.24. The van der Waals surface area contributed by atoms with Crippen molar-refractivity contribution >= 4 is 27.5 Å². The van der Waals surface area contributed by atoms with Gasteiger partial charge in [-0.2, -0.15) is 0 Å². The Kier molecular flexibility index (Phi) is 3.43. The molecule has 0 unspecified atom stereocenters. The van der Waals surface area contributed by atoms with Gasteiger partial charge in [0, 0.05) is 18.8 Å². The fraction of sp³-hybridized carbons (Fsp3) is 0.133. The highest BCUT2D eigenvalue weighted by molar-refractivity contribution is 7.18. The molecule has 0 saturated heterocycles. The van der Waals surface area contributed by atoms with Crippen LogP contribution in [0.4, 0.5) is 0 Å². The van der Waals surface area contributed by atoms with Gasteiger partial charge in [0.2, 0.25) is 0 Å². The monoisotopic (exact) mass is 284 g/mol. The lowest BCUT2D eigenvalue weighted by atomic mass is 10.1. The van der Waals surface area contributed by atoms with Crippen LogP contribution in [-0.2, 0) is 12.8 Å². The molecule has 0 aliphatic carbocycles. The summed E-state index contributed by atoms with van der Waals surface area (Å²) in [5, 5.41) is 10.0. The van der Waals surface area contributed by atoms with E-state index < -0.39 is 5.97 Å². The molecule has 1 aromatic carbocycles. The van der Waals surface area contributed by atoms with Crippen LogP contribution in [0.15, 0.2) is 42.7 Å². The summed E-state index contributed by atoms with van der Waals surface area (Å²) in [6.45, 7) is 0. The van der Waals surface area contributed by atoms with Gasteiger partial charge in [-0.1, -0.05) is 0 Å². The van der Waals surface area contributed by atoms with Crippen molar-refractivity contribution in [1.29, 1.82) is 0 Å². The fourth-order valence-corrected chi connectivity index (χ4v) is 3.02. The zero-order valence-electron chi connectivity index (χ0n) is 10.6. The first-order valence-electron chi connectivity index (χ1n) is 6.24. The van der Waals surface area contributed by atoms with E-state index in [0.717, 1.165) is 28.1 Å². The number of carbonyl (C=O) groups is 1. The van der Waals surface area contributed by atoms with Crippen molar-refractivity contribution < 1.29 is 9.90 Å². The van der Waals surface area contributed by atoms with E-state index in [0.29, 0.717) is 5.56 Å². The molecular formula is C15H12N2O2S. The van der Waals surface area contributed by atoms with Gasteiger partial charge in [-0.3, -0.25) is 4.98 Å². The lowest BCUT2D eigenvalue weighted by Crippen LogP contribution is -1.94. The number of aromatic nitrogens is 2. The Bertz CT molecular complexity index is 753. The molecule has 100 valence electrons. The van der Waals surface area contributed by atoms with E-state index >= 15 is 0 Å². The first-order chi connectivity index (χ1) is 9.72. The summed E-state index contributed by atoms with van der Waals surface area (Å²) in [7, 11) is 0. The predicted molar refractivity (Wildman–Crippen MR) is 78.2 cm³/mol. The molecule has 0 radical (unpaired) electrons. The van der Waals surface area contributed by atoms with Crippen molar-refractivity contribution in [1.82, 2.24) is 9.97 Å². The van der Waals surface area contributed by atoms with Crippen molar-refractivity contribution in [2.45, 2.75) is 12.8 Å². The summed E-state index contributed by atoms with van der Waals surface area (Å²) in [6, 6.07) is 9.04. The van der Waals surface area contributed by atoms with Gasteiger partial charge in [0.05, 0.1) is 20.8 Å². The molecule has 3 rings (SSSR count). The van der Waals surface area contributed by atoms with Crippen LogP contribution in [0.3, 0.4) is 0 Å². The number of hydrogen-bond acceptors (Lipinski definition) is 4. The standard InChI is InChI=1S/C15H12N2O2S/c18-15(19)11-2-3-12-13(9-11)20-14(17-12)4-1-10-5-7-16-8-6-10/h2-3,5-9H,1,4H2,(H,18,19). The Balaban J connectivity index is 1.80. The Labute approximate surface area is 119 Å². The molecule has 0 aliphatic rings. The van der Waals surface area contributed by atoms with Crippen LogP contribution in [-0.4, -0.2) is 21.0 Å².